The minimum Gasteiger partial charge on any atom is -0.372 e. The number of carbonyl (C=O) groups excluding carboxylic acids is 1. The van der Waals surface area contributed by atoms with Crippen LogP contribution in [-0.2, 0) is 9.53 Å². The van der Waals surface area contributed by atoms with Gasteiger partial charge in [-0.3, -0.25) is 19.9 Å². The number of hydrogen-bond acceptors (Lipinski definition) is 6. The minimum absolute atomic E-state index is 0.0111. The van der Waals surface area contributed by atoms with Gasteiger partial charge < -0.3 is 10.1 Å². The minimum atomic E-state index is -0.912. The quantitative estimate of drug-likeness (QED) is 0.728. The van der Waals surface area contributed by atoms with Crippen LogP contribution < -0.4 is 10.6 Å². The van der Waals surface area contributed by atoms with Gasteiger partial charge in [0.25, 0.3) is 0 Å². The Balaban J connectivity index is 1.21. The number of nitrogens with zero attached hydrogens (tertiary/aromatic N) is 3. The van der Waals surface area contributed by atoms with Crippen LogP contribution in [-0.4, -0.2) is 78.1 Å². The molecule has 3 aliphatic heterocycles. The summed E-state index contributed by atoms with van der Waals surface area (Å²) in [5.41, 5.74) is 0. The Morgan fingerprint density at radius 2 is 1.93 bits per heavy atom. The average molecular weight is 406 g/mol. The predicted molar refractivity (Wildman–Crippen MR) is 104 cm³/mol. The second-order valence-electron chi connectivity index (χ2n) is 9.67. The van der Waals surface area contributed by atoms with Crippen molar-refractivity contribution >= 4 is 5.91 Å². The Morgan fingerprint density at radius 3 is 2.66 bits per heavy atom. The first-order chi connectivity index (χ1) is 14.0. The first-order valence-electron chi connectivity index (χ1n) is 11.3. The highest BCUT2D eigenvalue weighted by atomic mass is 19.1. The fourth-order valence-electron chi connectivity index (χ4n) is 6.16. The first kappa shape index (κ1) is 19.7. The third-order valence-electron chi connectivity index (χ3n) is 7.71. The van der Waals surface area contributed by atoms with Crippen LogP contribution in [0.5, 0.6) is 0 Å². The summed E-state index contributed by atoms with van der Waals surface area (Å²) in [6, 6.07) is 2.70. The largest absolute Gasteiger partial charge is 0.372 e. The van der Waals surface area contributed by atoms with Crippen LogP contribution >= 0.6 is 0 Å². The molecule has 0 bridgehead atoms. The van der Waals surface area contributed by atoms with Gasteiger partial charge >= 0.3 is 0 Å². The highest BCUT2D eigenvalue weighted by Crippen LogP contribution is 2.40. The predicted octanol–water partition coefficient (Wildman–Crippen LogP) is 0.962. The number of carbonyl (C=O) groups is 1. The van der Waals surface area contributed by atoms with E-state index >= 15 is 0 Å². The Labute approximate surface area is 171 Å². The molecule has 5 fully saturated rings. The molecule has 0 aromatic heterocycles. The van der Waals surface area contributed by atoms with E-state index in [1.165, 1.54) is 0 Å². The first-order valence-corrected chi connectivity index (χ1v) is 11.3. The number of hydrogen-bond donors (Lipinski definition) is 2. The summed E-state index contributed by atoms with van der Waals surface area (Å²) in [5.74, 6) is -0.0568. The highest BCUT2D eigenvalue weighted by Gasteiger charge is 2.56. The van der Waals surface area contributed by atoms with Gasteiger partial charge in [0.2, 0.25) is 5.91 Å². The molecule has 5 unspecified atom stereocenters. The standard InChI is InChI=1S/C21H32FN5O2/c1-12-9-24-20(28)17-6-14(22)7-18-19(17)27(12)21(25-18)26-10-16(11-26)29-15-4-2-13(8-23)3-5-15/h12-19,21,25H,2-7,9-11H2,1H3,(H,24,28)/t12-,13?,14?,15?,17?,18?,19?,21?/m0/s1. The molecule has 3 heterocycles. The summed E-state index contributed by atoms with van der Waals surface area (Å²) in [4.78, 5) is 17.4. The number of halogens is 1. The summed E-state index contributed by atoms with van der Waals surface area (Å²) in [5, 5.41) is 15.7. The summed E-state index contributed by atoms with van der Waals surface area (Å²) >= 11 is 0. The molecule has 160 valence electrons. The molecule has 5 aliphatic rings. The zero-order valence-corrected chi connectivity index (χ0v) is 17.1. The van der Waals surface area contributed by atoms with Gasteiger partial charge in [-0.2, -0.15) is 5.26 Å². The molecule has 29 heavy (non-hydrogen) atoms. The number of rotatable bonds is 3. The lowest BCUT2D eigenvalue weighted by Gasteiger charge is -2.48. The fourth-order valence-corrected chi connectivity index (χ4v) is 6.16. The van der Waals surface area contributed by atoms with Crippen molar-refractivity contribution in [2.75, 3.05) is 19.6 Å². The van der Waals surface area contributed by atoms with Crippen LogP contribution in [0.15, 0.2) is 0 Å². The monoisotopic (exact) mass is 405 g/mol. The molecule has 0 aromatic rings. The van der Waals surface area contributed by atoms with Gasteiger partial charge in [-0.15, -0.1) is 0 Å². The van der Waals surface area contributed by atoms with Gasteiger partial charge in [0, 0.05) is 43.7 Å². The maximum absolute atomic E-state index is 14.3. The van der Waals surface area contributed by atoms with Gasteiger partial charge in [0.15, 0.2) is 0 Å². The number of likely N-dealkylation sites (tertiary alicyclic amines) is 1. The zero-order chi connectivity index (χ0) is 20.1. The van der Waals surface area contributed by atoms with E-state index in [9.17, 15) is 9.18 Å². The SMILES string of the molecule is C[C@H]1CNC(=O)C2CC(F)CC3NC(N4CC(OC5CCC(C#N)CC5)C4)N1C32. The molecule has 2 aliphatic carbocycles. The van der Waals surface area contributed by atoms with Crippen molar-refractivity contribution in [1.29, 1.82) is 5.26 Å². The molecule has 1 amide bonds. The molecule has 0 aromatic carbocycles. The van der Waals surface area contributed by atoms with E-state index in [2.05, 4.69) is 33.4 Å². The lowest BCUT2D eigenvalue weighted by Crippen LogP contribution is -2.65. The third kappa shape index (κ3) is 3.56. The molecule has 8 heteroatoms. The normalized spacial score (nSPS) is 46.3. The smallest absolute Gasteiger partial charge is 0.224 e. The highest BCUT2D eigenvalue weighted by molar-refractivity contribution is 5.80. The second-order valence-corrected chi connectivity index (χ2v) is 9.67. The molecule has 5 rings (SSSR count). The van der Waals surface area contributed by atoms with Gasteiger partial charge in [0.05, 0.1) is 24.2 Å². The van der Waals surface area contributed by atoms with E-state index in [0.29, 0.717) is 19.4 Å². The summed E-state index contributed by atoms with van der Waals surface area (Å²) in [6.45, 7) is 4.50. The molecular weight excluding hydrogens is 373 g/mol. The average Bonchev–Trinajstić information content (AvgIpc) is 3.00. The van der Waals surface area contributed by atoms with Crippen molar-refractivity contribution in [2.24, 2.45) is 11.8 Å². The van der Waals surface area contributed by atoms with E-state index in [1.807, 2.05) is 0 Å². The van der Waals surface area contributed by atoms with Crippen molar-refractivity contribution < 1.29 is 13.9 Å². The second kappa shape index (κ2) is 7.77. The van der Waals surface area contributed by atoms with Crippen LogP contribution in [0.3, 0.4) is 0 Å². The lowest BCUT2D eigenvalue weighted by atomic mass is 9.80. The topological polar surface area (TPSA) is 80.6 Å². The maximum atomic E-state index is 14.3. The van der Waals surface area contributed by atoms with Crippen molar-refractivity contribution in [2.45, 2.75) is 88.2 Å². The summed E-state index contributed by atoms with van der Waals surface area (Å²) in [6.07, 6.45) is 4.34. The molecule has 2 N–H and O–H groups in total. The van der Waals surface area contributed by atoms with E-state index < -0.39 is 6.17 Å². The van der Waals surface area contributed by atoms with Crippen molar-refractivity contribution in [3.05, 3.63) is 0 Å². The maximum Gasteiger partial charge on any atom is 0.224 e. The van der Waals surface area contributed by atoms with E-state index in [0.717, 1.165) is 38.8 Å². The zero-order valence-electron chi connectivity index (χ0n) is 17.1. The number of ether oxygens (including phenoxy) is 1. The summed E-state index contributed by atoms with van der Waals surface area (Å²) < 4.78 is 20.6. The lowest BCUT2D eigenvalue weighted by molar-refractivity contribution is -0.142. The van der Waals surface area contributed by atoms with E-state index in [-0.39, 0.29) is 54.4 Å². The van der Waals surface area contributed by atoms with Crippen LogP contribution in [0.1, 0.15) is 45.4 Å². The van der Waals surface area contributed by atoms with Gasteiger partial charge in [-0.05, 0) is 45.4 Å². The molecule has 2 saturated carbocycles. The van der Waals surface area contributed by atoms with Gasteiger partial charge in [0.1, 0.15) is 12.5 Å². The molecule has 3 saturated heterocycles. The van der Waals surface area contributed by atoms with Crippen LogP contribution in [0.25, 0.3) is 0 Å². The molecule has 0 spiro atoms. The molecule has 7 nitrogen and oxygen atoms in total. The van der Waals surface area contributed by atoms with Crippen LogP contribution in [0, 0.1) is 23.2 Å². The van der Waals surface area contributed by atoms with Crippen molar-refractivity contribution in [3.8, 4) is 6.07 Å². The number of nitrogens with one attached hydrogen (secondary N) is 2. The van der Waals surface area contributed by atoms with Crippen molar-refractivity contribution in [3.63, 3.8) is 0 Å². The van der Waals surface area contributed by atoms with E-state index in [4.69, 9.17) is 10.00 Å². The van der Waals surface area contributed by atoms with Crippen LogP contribution in [0.4, 0.5) is 4.39 Å². The molecule has 0 radical (unpaired) electrons. The molecular formula is C21H32FN5O2. The van der Waals surface area contributed by atoms with Gasteiger partial charge in [-0.1, -0.05) is 0 Å². The van der Waals surface area contributed by atoms with E-state index in [1.54, 1.807) is 0 Å². The number of alkyl halides is 1. The Bertz CT molecular complexity index is 672. The third-order valence-corrected chi connectivity index (χ3v) is 7.71. The van der Waals surface area contributed by atoms with Crippen molar-refractivity contribution in [1.82, 2.24) is 20.4 Å². The Kier molecular flexibility index (Phi) is 5.27. The van der Waals surface area contributed by atoms with Gasteiger partial charge in [-0.25, -0.2) is 4.39 Å². The Hall–Kier alpha value is -1.27. The summed E-state index contributed by atoms with van der Waals surface area (Å²) in [7, 11) is 0. The number of amides is 1. The number of nitriles is 1. The Morgan fingerprint density at radius 1 is 1.17 bits per heavy atom. The molecule has 6 atom stereocenters. The van der Waals surface area contributed by atoms with Crippen LogP contribution in [0.2, 0.25) is 0 Å². The fraction of sp³-hybridized carbons (Fsp3) is 0.905.